The Bertz CT molecular complexity index is 125. The largest absolute Gasteiger partial charge is 0.381 e. The molecule has 1 aliphatic heterocycles. The van der Waals surface area contributed by atoms with E-state index in [9.17, 15) is 0 Å². The monoisotopic (exact) mass is 172 g/mol. The molecule has 0 aliphatic carbocycles. The summed E-state index contributed by atoms with van der Waals surface area (Å²) in [5.74, 6) is 0.701. The molecule has 0 saturated carbocycles. The van der Waals surface area contributed by atoms with Gasteiger partial charge in [-0.3, -0.25) is 0 Å². The molecule has 1 saturated heterocycles. The highest BCUT2D eigenvalue weighted by molar-refractivity contribution is 4.76. The van der Waals surface area contributed by atoms with E-state index in [1.54, 1.807) is 0 Å². The van der Waals surface area contributed by atoms with E-state index in [1.807, 2.05) is 13.8 Å². The molecule has 0 amide bonds. The van der Waals surface area contributed by atoms with E-state index in [0.29, 0.717) is 5.92 Å². The van der Waals surface area contributed by atoms with Gasteiger partial charge in [-0.25, -0.2) is 0 Å². The van der Waals surface area contributed by atoms with Crippen molar-refractivity contribution in [3.8, 4) is 0 Å². The van der Waals surface area contributed by atoms with E-state index >= 15 is 0 Å². The van der Waals surface area contributed by atoms with Crippen molar-refractivity contribution in [2.45, 2.75) is 25.8 Å². The summed E-state index contributed by atoms with van der Waals surface area (Å²) in [6.45, 7) is 7.83. The van der Waals surface area contributed by atoms with Gasteiger partial charge in [0.25, 0.3) is 0 Å². The zero-order valence-electron chi connectivity index (χ0n) is 8.10. The molecule has 1 atom stereocenters. The summed E-state index contributed by atoms with van der Waals surface area (Å²) in [6.07, 6.45) is 1.19. The fourth-order valence-electron chi connectivity index (χ4n) is 1.34. The van der Waals surface area contributed by atoms with Crippen molar-refractivity contribution in [1.29, 1.82) is 0 Å². The van der Waals surface area contributed by atoms with Crippen LogP contribution in [0.4, 0.5) is 0 Å². The minimum atomic E-state index is -0.0978. The summed E-state index contributed by atoms with van der Waals surface area (Å²) in [4.78, 5) is 0. The third-order valence-corrected chi connectivity index (χ3v) is 2.04. The molecule has 3 nitrogen and oxygen atoms in total. The molecule has 0 aromatic carbocycles. The molecule has 0 bridgehead atoms. The predicted octanol–water partition coefficient (Wildman–Crippen LogP) is 0.350. The molecule has 0 spiro atoms. The van der Waals surface area contributed by atoms with E-state index < -0.39 is 0 Å². The van der Waals surface area contributed by atoms with Crippen LogP contribution in [0.1, 0.15) is 20.3 Å². The maximum atomic E-state index is 5.83. The minimum Gasteiger partial charge on any atom is -0.381 e. The molecule has 1 unspecified atom stereocenters. The zero-order chi connectivity index (χ0) is 9.03. The van der Waals surface area contributed by atoms with Gasteiger partial charge >= 0.3 is 0 Å². The molecule has 1 aliphatic rings. The van der Waals surface area contributed by atoms with E-state index in [0.717, 1.165) is 26.3 Å². The number of hydrogen-bond acceptors (Lipinski definition) is 3. The number of hydrogen-bond donors (Lipinski definition) is 2. The van der Waals surface area contributed by atoms with Crippen LogP contribution in [0.3, 0.4) is 0 Å². The lowest BCUT2D eigenvalue weighted by Gasteiger charge is -2.20. The van der Waals surface area contributed by atoms with Gasteiger partial charge in [0.1, 0.15) is 0 Å². The van der Waals surface area contributed by atoms with Crippen LogP contribution in [0.25, 0.3) is 0 Å². The Morgan fingerprint density at radius 3 is 2.83 bits per heavy atom. The number of rotatable bonds is 4. The summed E-state index contributed by atoms with van der Waals surface area (Å²) in [7, 11) is 0. The molecule has 1 heterocycles. The molecule has 72 valence electrons. The van der Waals surface area contributed by atoms with Crippen LogP contribution in [-0.2, 0) is 4.74 Å². The van der Waals surface area contributed by atoms with E-state index in [4.69, 9.17) is 10.5 Å². The second-order valence-electron chi connectivity index (χ2n) is 4.35. The van der Waals surface area contributed by atoms with Crippen molar-refractivity contribution in [3.05, 3.63) is 0 Å². The van der Waals surface area contributed by atoms with Gasteiger partial charge in [0.2, 0.25) is 0 Å². The number of nitrogens with one attached hydrogen (secondary N) is 1. The van der Waals surface area contributed by atoms with Crippen molar-refractivity contribution in [2.75, 3.05) is 26.3 Å². The lowest BCUT2D eigenvalue weighted by atomic mass is 10.1. The van der Waals surface area contributed by atoms with Gasteiger partial charge in [0.15, 0.2) is 0 Å². The van der Waals surface area contributed by atoms with Crippen molar-refractivity contribution in [1.82, 2.24) is 5.32 Å². The molecule has 0 aromatic heterocycles. The Kier molecular flexibility index (Phi) is 3.50. The zero-order valence-corrected chi connectivity index (χ0v) is 8.10. The smallest absolute Gasteiger partial charge is 0.0507 e. The first-order chi connectivity index (χ1) is 5.58. The third kappa shape index (κ3) is 4.04. The third-order valence-electron chi connectivity index (χ3n) is 2.04. The van der Waals surface area contributed by atoms with Crippen LogP contribution in [0.15, 0.2) is 0 Å². The molecule has 0 radical (unpaired) electrons. The Labute approximate surface area is 74.7 Å². The predicted molar refractivity (Wildman–Crippen MR) is 50.1 cm³/mol. The molecule has 1 fully saturated rings. The number of ether oxygens (including phenoxy) is 1. The summed E-state index contributed by atoms with van der Waals surface area (Å²) in [5, 5.41) is 3.36. The maximum Gasteiger partial charge on any atom is 0.0507 e. The molecule has 3 heteroatoms. The molecular weight excluding hydrogens is 152 g/mol. The number of nitrogens with two attached hydrogens (primary N) is 1. The van der Waals surface area contributed by atoms with Crippen LogP contribution in [0, 0.1) is 5.92 Å². The molecule has 12 heavy (non-hydrogen) atoms. The van der Waals surface area contributed by atoms with E-state index in [2.05, 4.69) is 5.32 Å². The summed E-state index contributed by atoms with van der Waals surface area (Å²) in [6, 6.07) is 0. The first-order valence-electron chi connectivity index (χ1n) is 4.65. The van der Waals surface area contributed by atoms with Crippen molar-refractivity contribution in [2.24, 2.45) is 11.7 Å². The van der Waals surface area contributed by atoms with Gasteiger partial charge in [-0.05, 0) is 26.2 Å². The van der Waals surface area contributed by atoms with Crippen molar-refractivity contribution >= 4 is 0 Å². The van der Waals surface area contributed by atoms with E-state index in [-0.39, 0.29) is 5.54 Å². The Balaban J connectivity index is 2.02. The Morgan fingerprint density at radius 1 is 1.58 bits per heavy atom. The average Bonchev–Trinajstić information content (AvgIpc) is 2.36. The quantitative estimate of drug-likeness (QED) is 0.643. The Hall–Kier alpha value is -0.120. The molecule has 0 aromatic rings. The van der Waals surface area contributed by atoms with Crippen LogP contribution in [0.5, 0.6) is 0 Å². The fraction of sp³-hybridized carbons (Fsp3) is 1.00. The average molecular weight is 172 g/mol. The van der Waals surface area contributed by atoms with Crippen molar-refractivity contribution < 1.29 is 4.74 Å². The molecular formula is C9H20N2O. The Morgan fingerprint density at radius 2 is 2.33 bits per heavy atom. The summed E-state index contributed by atoms with van der Waals surface area (Å²) < 4.78 is 5.27. The minimum absolute atomic E-state index is 0.0978. The molecule has 1 rings (SSSR count). The van der Waals surface area contributed by atoms with Crippen molar-refractivity contribution in [3.63, 3.8) is 0 Å². The summed E-state index contributed by atoms with van der Waals surface area (Å²) >= 11 is 0. The fourth-order valence-corrected chi connectivity index (χ4v) is 1.34. The van der Waals surface area contributed by atoms with Gasteiger partial charge in [-0.2, -0.15) is 0 Å². The van der Waals surface area contributed by atoms with Crippen LogP contribution in [-0.4, -0.2) is 31.8 Å². The van der Waals surface area contributed by atoms with Gasteiger partial charge in [0, 0.05) is 25.2 Å². The van der Waals surface area contributed by atoms with Gasteiger partial charge in [-0.15, -0.1) is 0 Å². The topological polar surface area (TPSA) is 47.3 Å². The van der Waals surface area contributed by atoms with Gasteiger partial charge in [-0.1, -0.05) is 0 Å². The second kappa shape index (κ2) is 4.21. The van der Waals surface area contributed by atoms with E-state index in [1.165, 1.54) is 6.42 Å². The highest BCUT2D eigenvalue weighted by atomic mass is 16.5. The van der Waals surface area contributed by atoms with Gasteiger partial charge < -0.3 is 15.8 Å². The first-order valence-corrected chi connectivity index (χ1v) is 4.65. The lowest BCUT2D eigenvalue weighted by Crippen LogP contribution is -2.44. The standard InChI is InChI=1S/C9H20N2O/c1-9(2,10)7-11-5-8-3-4-12-6-8/h8,11H,3-7,10H2,1-2H3. The highest BCUT2D eigenvalue weighted by Gasteiger charge is 2.16. The first kappa shape index (κ1) is 9.96. The SMILES string of the molecule is CC(C)(N)CNCC1CCOC1. The lowest BCUT2D eigenvalue weighted by molar-refractivity contribution is 0.185. The van der Waals surface area contributed by atoms with Gasteiger partial charge in [0.05, 0.1) is 6.61 Å². The maximum absolute atomic E-state index is 5.83. The van der Waals surface area contributed by atoms with Crippen LogP contribution in [0.2, 0.25) is 0 Å². The normalized spacial score (nSPS) is 24.8. The summed E-state index contributed by atoms with van der Waals surface area (Å²) in [5.41, 5.74) is 5.73. The molecule has 3 N–H and O–H groups in total. The van der Waals surface area contributed by atoms with Crippen LogP contribution < -0.4 is 11.1 Å². The highest BCUT2D eigenvalue weighted by Crippen LogP contribution is 2.10. The second-order valence-corrected chi connectivity index (χ2v) is 4.35. The van der Waals surface area contributed by atoms with Crippen LogP contribution >= 0.6 is 0 Å².